The average Bonchev–Trinajstić information content (AvgIpc) is 3.06. The van der Waals surface area contributed by atoms with Crippen LogP contribution >= 0.6 is 31.9 Å². The number of nitrogens with zero attached hydrogens (tertiary/aromatic N) is 1. The largest absolute Gasteiger partial charge is 0.481 e. The molecule has 2 saturated carbocycles. The van der Waals surface area contributed by atoms with Gasteiger partial charge >= 0.3 is 11.9 Å². The minimum absolute atomic E-state index is 0.00439. The second kappa shape index (κ2) is 5.84. The normalized spacial score (nSPS) is 39.7. The Morgan fingerprint density at radius 3 is 1.96 bits per heavy atom. The number of carboxylic acids is 2. The number of imide groups is 1. The Labute approximate surface area is 148 Å². The predicted octanol–water partition coefficient (Wildman–Crippen LogP) is 1.08. The molecular formula is C14H15Br2NO6. The van der Waals surface area contributed by atoms with Crippen LogP contribution in [0.5, 0.6) is 0 Å². The molecule has 7 atom stereocenters. The van der Waals surface area contributed by atoms with Crippen LogP contribution in [0, 0.1) is 23.7 Å². The molecule has 126 valence electrons. The number of rotatable bonds is 5. The Bertz CT molecular complexity index is 564. The molecule has 9 heteroatoms. The van der Waals surface area contributed by atoms with Crippen molar-refractivity contribution in [1.82, 2.24) is 4.90 Å². The van der Waals surface area contributed by atoms with Gasteiger partial charge < -0.3 is 10.2 Å². The van der Waals surface area contributed by atoms with Gasteiger partial charge in [0.1, 0.15) is 6.04 Å². The highest BCUT2D eigenvalue weighted by molar-refractivity contribution is 9.12. The summed E-state index contributed by atoms with van der Waals surface area (Å²) in [7, 11) is 0. The molecule has 1 saturated heterocycles. The molecule has 7 nitrogen and oxygen atoms in total. The van der Waals surface area contributed by atoms with Crippen LogP contribution in [0.3, 0.4) is 0 Å². The molecule has 2 amide bonds. The van der Waals surface area contributed by atoms with Gasteiger partial charge in [-0.1, -0.05) is 31.9 Å². The van der Waals surface area contributed by atoms with Gasteiger partial charge in [0.2, 0.25) is 11.8 Å². The quantitative estimate of drug-likeness (QED) is 0.476. The lowest BCUT2D eigenvalue weighted by atomic mass is 9.81. The van der Waals surface area contributed by atoms with E-state index in [1.807, 2.05) is 0 Å². The summed E-state index contributed by atoms with van der Waals surface area (Å²) in [6.07, 6.45) is 0.0874. The van der Waals surface area contributed by atoms with Gasteiger partial charge in [0.05, 0.1) is 11.8 Å². The second-order valence-corrected chi connectivity index (χ2v) is 8.45. The molecule has 3 aliphatic rings. The minimum atomic E-state index is -1.40. The number of aliphatic carboxylic acids is 2. The average molecular weight is 453 g/mol. The second-order valence-electron chi connectivity index (χ2n) is 6.34. The Balaban J connectivity index is 1.87. The highest BCUT2D eigenvalue weighted by Gasteiger charge is 2.67. The molecular weight excluding hydrogens is 438 g/mol. The monoisotopic (exact) mass is 451 g/mol. The van der Waals surface area contributed by atoms with E-state index in [-0.39, 0.29) is 27.9 Å². The van der Waals surface area contributed by atoms with Gasteiger partial charge in [-0.15, -0.1) is 0 Å². The number of fused-ring (bicyclic) bond motifs is 5. The van der Waals surface area contributed by atoms with E-state index in [2.05, 4.69) is 31.9 Å². The summed E-state index contributed by atoms with van der Waals surface area (Å²) in [5.41, 5.74) is 0. The molecule has 2 aliphatic carbocycles. The lowest BCUT2D eigenvalue weighted by molar-refractivity contribution is -0.156. The summed E-state index contributed by atoms with van der Waals surface area (Å²) >= 11 is 7.11. The third-order valence-corrected chi connectivity index (χ3v) is 8.46. The van der Waals surface area contributed by atoms with Crippen LogP contribution in [0.4, 0.5) is 0 Å². The van der Waals surface area contributed by atoms with Crippen LogP contribution in [0.1, 0.15) is 19.3 Å². The Hall–Kier alpha value is -0.960. The van der Waals surface area contributed by atoms with E-state index in [4.69, 9.17) is 5.11 Å². The van der Waals surface area contributed by atoms with Crippen molar-refractivity contribution in [1.29, 1.82) is 0 Å². The summed E-state index contributed by atoms with van der Waals surface area (Å²) < 4.78 is 0. The first-order chi connectivity index (χ1) is 10.8. The highest BCUT2D eigenvalue weighted by atomic mass is 79.9. The Kier molecular flexibility index (Phi) is 4.29. The third-order valence-electron chi connectivity index (χ3n) is 5.25. The smallest absolute Gasteiger partial charge is 0.326 e. The number of amides is 2. The van der Waals surface area contributed by atoms with Gasteiger partial charge in [-0.3, -0.25) is 19.3 Å². The number of carbonyl (C=O) groups is 4. The lowest BCUT2D eigenvalue weighted by Crippen LogP contribution is -2.46. The fraction of sp³-hybridized carbons (Fsp3) is 0.714. The van der Waals surface area contributed by atoms with E-state index in [1.54, 1.807) is 0 Å². The first-order valence-electron chi connectivity index (χ1n) is 7.35. The number of hydrogen-bond acceptors (Lipinski definition) is 4. The maximum atomic E-state index is 12.7. The zero-order valence-corrected chi connectivity index (χ0v) is 15.1. The van der Waals surface area contributed by atoms with Gasteiger partial charge in [0.25, 0.3) is 0 Å². The fourth-order valence-electron chi connectivity index (χ4n) is 4.30. The number of alkyl halides is 2. The molecule has 3 fully saturated rings. The zero-order chi connectivity index (χ0) is 17.0. The van der Waals surface area contributed by atoms with Crippen LogP contribution in [-0.4, -0.2) is 54.6 Å². The molecule has 3 rings (SSSR count). The first-order valence-corrected chi connectivity index (χ1v) is 9.18. The summed E-state index contributed by atoms with van der Waals surface area (Å²) in [6.45, 7) is 0. The van der Waals surface area contributed by atoms with E-state index in [9.17, 15) is 24.3 Å². The molecule has 1 aliphatic heterocycles. The van der Waals surface area contributed by atoms with Gasteiger partial charge in [0.15, 0.2) is 0 Å². The molecule has 0 unspecified atom stereocenters. The van der Waals surface area contributed by atoms with E-state index >= 15 is 0 Å². The van der Waals surface area contributed by atoms with E-state index in [1.165, 1.54) is 0 Å². The third kappa shape index (κ3) is 2.43. The van der Waals surface area contributed by atoms with Gasteiger partial charge in [-0.05, 0) is 24.7 Å². The van der Waals surface area contributed by atoms with Crippen molar-refractivity contribution in [2.75, 3.05) is 0 Å². The van der Waals surface area contributed by atoms with Crippen molar-refractivity contribution in [3.8, 4) is 0 Å². The number of hydrogen-bond donors (Lipinski definition) is 2. The maximum Gasteiger partial charge on any atom is 0.326 e. The predicted molar refractivity (Wildman–Crippen MR) is 84.2 cm³/mol. The number of carboxylic acid groups (broad SMARTS) is 2. The van der Waals surface area contributed by atoms with E-state index < -0.39 is 48.1 Å². The topological polar surface area (TPSA) is 112 Å². The zero-order valence-electron chi connectivity index (χ0n) is 11.9. The molecule has 0 spiro atoms. The number of carbonyl (C=O) groups excluding carboxylic acids is 2. The van der Waals surface area contributed by atoms with Crippen LogP contribution in [0.15, 0.2) is 0 Å². The van der Waals surface area contributed by atoms with Crippen molar-refractivity contribution in [3.63, 3.8) is 0 Å². The van der Waals surface area contributed by atoms with Crippen molar-refractivity contribution in [2.24, 2.45) is 23.7 Å². The molecule has 0 radical (unpaired) electrons. The Morgan fingerprint density at radius 2 is 1.57 bits per heavy atom. The lowest BCUT2D eigenvalue weighted by Gasteiger charge is -2.28. The molecule has 0 aromatic carbocycles. The SMILES string of the molecule is O=C(O)CC[C@H](C(=O)O)N1C(=O)[C@@H]2[C@H]3C[C@@H]([C@H](Br)[C@H]3Br)[C@@H]2C1=O. The molecule has 1 heterocycles. The molecule has 0 aromatic rings. The summed E-state index contributed by atoms with van der Waals surface area (Å²) in [5, 5.41) is 18.1. The van der Waals surface area contributed by atoms with Crippen LogP contribution in [0.25, 0.3) is 0 Å². The molecule has 0 aromatic heterocycles. The minimum Gasteiger partial charge on any atom is -0.481 e. The van der Waals surface area contributed by atoms with Crippen molar-refractivity contribution in [2.45, 2.75) is 35.0 Å². The summed E-state index contributed by atoms with van der Waals surface area (Å²) in [6, 6.07) is -1.40. The van der Waals surface area contributed by atoms with Crippen molar-refractivity contribution >= 4 is 55.6 Å². The fourth-order valence-corrected chi connectivity index (χ4v) is 6.18. The molecule has 2 bridgehead atoms. The number of halogens is 2. The highest BCUT2D eigenvalue weighted by Crippen LogP contribution is 2.60. The van der Waals surface area contributed by atoms with E-state index in [0.29, 0.717) is 0 Å². The van der Waals surface area contributed by atoms with Crippen LogP contribution < -0.4 is 0 Å². The van der Waals surface area contributed by atoms with Gasteiger partial charge in [-0.25, -0.2) is 4.79 Å². The van der Waals surface area contributed by atoms with Gasteiger partial charge in [0, 0.05) is 16.1 Å². The van der Waals surface area contributed by atoms with Crippen molar-refractivity contribution < 1.29 is 29.4 Å². The number of likely N-dealkylation sites (tertiary alicyclic amines) is 1. The van der Waals surface area contributed by atoms with Crippen molar-refractivity contribution in [3.05, 3.63) is 0 Å². The van der Waals surface area contributed by atoms with E-state index in [0.717, 1.165) is 11.3 Å². The molecule has 2 N–H and O–H groups in total. The summed E-state index contributed by atoms with van der Waals surface area (Å²) in [4.78, 5) is 48.5. The molecule has 23 heavy (non-hydrogen) atoms. The first kappa shape index (κ1) is 16.9. The standard InChI is InChI=1S/C14H15Br2NO6/c15-10-4-3-5(11(10)16)9-8(4)12(20)17(13(9)21)6(14(22)23)1-2-7(18)19/h4-6,8-11H,1-3H2,(H,18,19)(H,22,23)/t4-,5-,6-,8-,9+,10+,11+/m1/s1. The summed E-state index contributed by atoms with van der Waals surface area (Å²) in [5.74, 6) is -4.39. The van der Waals surface area contributed by atoms with Crippen LogP contribution in [-0.2, 0) is 19.2 Å². The van der Waals surface area contributed by atoms with Crippen LogP contribution in [0.2, 0.25) is 0 Å². The maximum absolute atomic E-state index is 12.7. The Morgan fingerprint density at radius 1 is 1.09 bits per heavy atom. The van der Waals surface area contributed by atoms with Gasteiger partial charge in [-0.2, -0.15) is 0 Å².